The third-order valence-electron chi connectivity index (χ3n) is 6.55. The first-order valence-corrected chi connectivity index (χ1v) is 15.9. The molecule has 0 saturated carbocycles. The molecule has 0 bridgehead atoms. The third-order valence-corrected chi connectivity index (χ3v) is 9.33. The van der Waals surface area contributed by atoms with Gasteiger partial charge in [-0.2, -0.15) is 0 Å². The van der Waals surface area contributed by atoms with E-state index < -0.39 is 28.5 Å². The van der Waals surface area contributed by atoms with Crippen LogP contribution in [0.25, 0.3) is 0 Å². The first-order valence-electron chi connectivity index (χ1n) is 13.3. The summed E-state index contributed by atoms with van der Waals surface area (Å²) < 4.78 is 28.8. The third kappa shape index (κ3) is 8.61. The van der Waals surface area contributed by atoms with E-state index >= 15 is 0 Å². The van der Waals surface area contributed by atoms with Crippen molar-refractivity contribution in [3.8, 4) is 0 Å². The maximum Gasteiger partial charge on any atom is 0.264 e. The van der Waals surface area contributed by atoms with Gasteiger partial charge in [0.25, 0.3) is 10.0 Å². The minimum absolute atomic E-state index is 0.0223. The Labute approximate surface area is 257 Å². The summed E-state index contributed by atoms with van der Waals surface area (Å²) in [6, 6.07) is 16.7. The van der Waals surface area contributed by atoms with Gasteiger partial charge in [-0.05, 0) is 73.9 Å². The molecule has 0 fully saturated rings. The lowest BCUT2D eigenvalue weighted by Crippen LogP contribution is -2.52. The van der Waals surface area contributed by atoms with E-state index in [4.69, 9.17) is 34.8 Å². The quantitative estimate of drug-likeness (QED) is 0.207. The number of aryl methyl sites for hydroxylation is 1. The minimum atomic E-state index is -4.16. The number of nitrogens with one attached hydrogen (secondary N) is 1. The van der Waals surface area contributed by atoms with Gasteiger partial charge in [0.15, 0.2) is 0 Å². The SMILES string of the molecule is CCCCNC(=O)[C@H](CC)N(Cc1ccc(Cl)c(Cl)c1)C(=O)CN(c1ccc(Cl)cc1)S(=O)(=O)c1ccc(C)cc1. The molecule has 0 heterocycles. The number of hydrogen-bond acceptors (Lipinski definition) is 4. The van der Waals surface area contributed by atoms with Crippen molar-refractivity contribution in [2.24, 2.45) is 0 Å². The maximum atomic E-state index is 14.1. The molecule has 0 aliphatic heterocycles. The Hall–Kier alpha value is -2.78. The summed E-state index contributed by atoms with van der Waals surface area (Å²) in [6.07, 6.45) is 2.01. The first kappa shape index (κ1) is 32.7. The van der Waals surface area contributed by atoms with E-state index in [1.165, 1.54) is 17.0 Å². The highest BCUT2D eigenvalue weighted by Crippen LogP contribution is 2.27. The second-order valence-corrected chi connectivity index (χ2v) is 12.8. The summed E-state index contributed by atoms with van der Waals surface area (Å²) in [5, 5.41) is 3.99. The van der Waals surface area contributed by atoms with Gasteiger partial charge >= 0.3 is 0 Å². The van der Waals surface area contributed by atoms with Crippen LogP contribution in [0.3, 0.4) is 0 Å². The molecular formula is C30H34Cl3N3O4S. The number of sulfonamides is 1. The number of unbranched alkanes of at least 4 members (excludes halogenated alkanes) is 1. The summed E-state index contributed by atoms with van der Waals surface area (Å²) in [5.74, 6) is -0.868. The molecule has 0 radical (unpaired) electrons. The molecule has 2 amide bonds. The molecule has 7 nitrogen and oxygen atoms in total. The van der Waals surface area contributed by atoms with Crippen LogP contribution in [0.5, 0.6) is 0 Å². The highest BCUT2D eigenvalue weighted by molar-refractivity contribution is 7.92. The number of anilines is 1. The molecule has 3 aromatic carbocycles. The molecule has 0 spiro atoms. The number of carbonyl (C=O) groups excluding carboxylic acids is 2. The molecule has 41 heavy (non-hydrogen) atoms. The molecule has 11 heteroatoms. The Bertz CT molecular complexity index is 1450. The second kappa shape index (κ2) is 14.9. The highest BCUT2D eigenvalue weighted by Gasteiger charge is 2.33. The number of amides is 2. The zero-order valence-electron chi connectivity index (χ0n) is 23.2. The molecule has 0 saturated heterocycles. The average Bonchev–Trinajstić information content (AvgIpc) is 2.94. The van der Waals surface area contributed by atoms with E-state index in [2.05, 4.69) is 5.32 Å². The first-order chi connectivity index (χ1) is 19.5. The van der Waals surface area contributed by atoms with Crippen LogP contribution in [-0.2, 0) is 26.2 Å². The van der Waals surface area contributed by atoms with Gasteiger partial charge in [0.2, 0.25) is 11.8 Å². The smallest absolute Gasteiger partial charge is 0.264 e. The van der Waals surface area contributed by atoms with Crippen molar-refractivity contribution >= 4 is 62.3 Å². The van der Waals surface area contributed by atoms with Gasteiger partial charge in [0.05, 0.1) is 20.6 Å². The van der Waals surface area contributed by atoms with Crippen molar-refractivity contribution in [1.82, 2.24) is 10.2 Å². The fraction of sp³-hybridized carbons (Fsp3) is 0.333. The summed E-state index contributed by atoms with van der Waals surface area (Å²) in [5.41, 5.74) is 1.80. The van der Waals surface area contributed by atoms with Crippen LogP contribution in [0.4, 0.5) is 5.69 Å². The van der Waals surface area contributed by atoms with Crippen LogP contribution < -0.4 is 9.62 Å². The predicted molar refractivity (Wildman–Crippen MR) is 166 cm³/mol. The van der Waals surface area contributed by atoms with Crippen LogP contribution in [0.2, 0.25) is 15.1 Å². The number of carbonyl (C=O) groups is 2. The van der Waals surface area contributed by atoms with Crippen molar-refractivity contribution in [3.63, 3.8) is 0 Å². The molecule has 220 valence electrons. The lowest BCUT2D eigenvalue weighted by atomic mass is 10.1. The summed E-state index contributed by atoms with van der Waals surface area (Å²) >= 11 is 18.4. The molecule has 0 aliphatic rings. The van der Waals surface area contributed by atoms with Gasteiger partial charge in [-0.25, -0.2) is 8.42 Å². The predicted octanol–water partition coefficient (Wildman–Crippen LogP) is 6.87. The normalized spacial score (nSPS) is 12.0. The van der Waals surface area contributed by atoms with Crippen LogP contribution in [0.1, 0.15) is 44.2 Å². The van der Waals surface area contributed by atoms with Gasteiger partial charge in [-0.3, -0.25) is 13.9 Å². The Morgan fingerprint density at radius 2 is 1.56 bits per heavy atom. The Morgan fingerprint density at radius 3 is 2.15 bits per heavy atom. The van der Waals surface area contributed by atoms with Crippen LogP contribution >= 0.6 is 34.8 Å². The summed E-state index contributed by atoms with van der Waals surface area (Å²) in [4.78, 5) is 28.8. The number of rotatable bonds is 13. The lowest BCUT2D eigenvalue weighted by molar-refractivity contribution is -0.140. The molecule has 0 aliphatic carbocycles. The number of benzene rings is 3. The van der Waals surface area contributed by atoms with E-state index in [9.17, 15) is 18.0 Å². The van der Waals surface area contributed by atoms with E-state index in [1.807, 2.05) is 13.8 Å². The summed E-state index contributed by atoms with van der Waals surface area (Å²) in [6.45, 7) is 5.63. The van der Waals surface area contributed by atoms with Crippen LogP contribution in [0.15, 0.2) is 71.6 Å². The molecule has 0 aromatic heterocycles. The van der Waals surface area contributed by atoms with E-state index in [0.29, 0.717) is 33.6 Å². The molecule has 0 unspecified atom stereocenters. The van der Waals surface area contributed by atoms with Gasteiger partial charge in [-0.15, -0.1) is 0 Å². The van der Waals surface area contributed by atoms with Crippen molar-refractivity contribution in [2.45, 2.75) is 57.5 Å². The zero-order chi connectivity index (χ0) is 30.2. The number of hydrogen-bond donors (Lipinski definition) is 1. The van der Waals surface area contributed by atoms with E-state index in [-0.39, 0.29) is 23.0 Å². The molecule has 1 N–H and O–H groups in total. The fourth-order valence-corrected chi connectivity index (χ4v) is 6.09. The van der Waals surface area contributed by atoms with Crippen molar-refractivity contribution in [2.75, 3.05) is 17.4 Å². The second-order valence-electron chi connectivity index (χ2n) is 9.64. The van der Waals surface area contributed by atoms with E-state index in [0.717, 1.165) is 22.7 Å². The molecule has 3 rings (SSSR count). The maximum absolute atomic E-state index is 14.1. The monoisotopic (exact) mass is 637 g/mol. The van der Waals surface area contributed by atoms with Crippen molar-refractivity contribution in [3.05, 3.63) is 92.9 Å². The van der Waals surface area contributed by atoms with Crippen molar-refractivity contribution in [1.29, 1.82) is 0 Å². The van der Waals surface area contributed by atoms with Gasteiger partial charge in [-0.1, -0.05) is 78.8 Å². The van der Waals surface area contributed by atoms with Gasteiger partial charge in [0.1, 0.15) is 12.6 Å². The molecular weight excluding hydrogens is 605 g/mol. The van der Waals surface area contributed by atoms with Gasteiger partial charge < -0.3 is 10.2 Å². The van der Waals surface area contributed by atoms with Crippen molar-refractivity contribution < 1.29 is 18.0 Å². The summed E-state index contributed by atoms with van der Waals surface area (Å²) in [7, 11) is -4.16. The lowest BCUT2D eigenvalue weighted by Gasteiger charge is -2.33. The topological polar surface area (TPSA) is 86.8 Å². The van der Waals surface area contributed by atoms with Crippen LogP contribution in [0, 0.1) is 6.92 Å². The number of halogens is 3. The largest absolute Gasteiger partial charge is 0.354 e. The standard InChI is InChI=1S/C30H34Cl3N3O4S/c1-4-6-17-34-30(38)28(5-2)35(19-22-9-16-26(32)27(33)18-22)29(37)20-36(24-12-10-23(31)11-13-24)41(39,40)25-14-7-21(3)8-15-25/h7-16,18,28H,4-6,17,19-20H2,1-3H3,(H,34,38)/t28-/m0/s1. The fourth-order valence-electron chi connectivity index (χ4n) is 4.23. The Morgan fingerprint density at radius 1 is 0.902 bits per heavy atom. The molecule has 1 atom stereocenters. The molecule has 3 aromatic rings. The van der Waals surface area contributed by atoms with Gasteiger partial charge in [0, 0.05) is 18.1 Å². The van der Waals surface area contributed by atoms with E-state index in [1.54, 1.807) is 61.5 Å². The number of nitrogens with zero attached hydrogens (tertiary/aromatic N) is 2. The van der Waals surface area contributed by atoms with Crippen LogP contribution in [-0.4, -0.2) is 44.3 Å². The zero-order valence-corrected chi connectivity index (χ0v) is 26.3. The average molecular weight is 639 g/mol. The Balaban J connectivity index is 2.04. The highest BCUT2D eigenvalue weighted by atomic mass is 35.5. The Kier molecular flexibility index (Phi) is 11.9. The minimum Gasteiger partial charge on any atom is -0.354 e.